The van der Waals surface area contributed by atoms with Crippen molar-refractivity contribution in [3.63, 3.8) is 0 Å². The van der Waals surface area contributed by atoms with Gasteiger partial charge in [0.15, 0.2) is 0 Å². The molecule has 23 heavy (non-hydrogen) atoms. The molecular weight excluding hydrogens is 311 g/mol. The first-order valence-corrected chi connectivity index (χ1v) is 6.80. The molecule has 1 aromatic carbocycles. The van der Waals surface area contributed by atoms with Crippen LogP contribution in [0.3, 0.4) is 0 Å². The lowest BCUT2D eigenvalue weighted by molar-refractivity contribution is -0.274. The Kier molecular flexibility index (Phi) is 4.88. The van der Waals surface area contributed by atoms with Crippen molar-refractivity contribution in [3.8, 4) is 5.75 Å². The van der Waals surface area contributed by atoms with Crippen LogP contribution in [-0.2, 0) is 9.53 Å². The highest BCUT2D eigenvalue weighted by Gasteiger charge is 2.31. The van der Waals surface area contributed by atoms with Gasteiger partial charge in [0.1, 0.15) is 5.75 Å². The summed E-state index contributed by atoms with van der Waals surface area (Å²) >= 11 is 0. The summed E-state index contributed by atoms with van der Waals surface area (Å²) in [5, 5.41) is 0.542. The van der Waals surface area contributed by atoms with E-state index >= 15 is 0 Å². The Labute approximate surface area is 130 Å². The third-order valence-electron chi connectivity index (χ3n) is 2.92. The number of carbonyl (C=O) groups is 1. The van der Waals surface area contributed by atoms with Gasteiger partial charge in [-0.2, -0.15) is 0 Å². The number of hydrogen-bond acceptors (Lipinski definition) is 4. The monoisotopic (exact) mass is 325 g/mol. The highest BCUT2D eigenvalue weighted by atomic mass is 19.4. The highest BCUT2D eigenvalue weighted by Crippen LogP contribution is 2.27. The van der Waals surface area contributed by atoms with Gasteiger partial charge in [-0.25, -0.2) is 9.78 Å². The third-order valence-corrected chi connectivity index (χ3v) is 2.92. The standard InChI is InChI=1S/C16H14F3NO3/c1-3-22-15(21)7-4-11-8-10(2)13-9-12(23-16(17,18)19)5-6-14(13)20-11/h4-9H,3H2,1-2H3/b7-4+. The van der Waals surface area contributed by atoms with Crippen molar-refractivity contribution in [1.82, 2.24) is 4.98 Å². The lowest BCUT2D eigenvalue weighted by Crippen LogP contribution is -2.17. The highest BCUT2D eigenvalue weighted by molar-refractivity contribution is 5.88. The number of aryl methyl sites for hydroxylation is 1. The number of rotatable bonds is 4. The number of ether oxygens (including phenoxy) is 2. The van der Waals surface area contributed by atoms with E-state index in [0.717, 1.165) is 0 Å². The van der Waals surface area contributed by atoms with E-state index in [9.17, 15) is 18.0 Å². The number of carbonyl (C=O) groups excluding carboxylic acids is 1. The van der Waals surface area contributed by atoms with Crippen LogP contribution in [0, 0.1) is 6.92 Å². The zero-order chi connectivity index (χ0) is 17.0. The Morgan fingerprint density at radius 1 is 1.30 bits per heavy atom. The van der Waals surface area contributed by atoms with Crippen LogP contribution in [0.15, 0.2) is 30.3 Å². The maximum atomic E-state index is 12.3. The van der Waals surface area contributed by atoms with Crippen molar-refractivity contribution in [2.45, 2.75) is 20.2 Å². The minimum atomic E-state index is -4.74. The summed E-state index contributed by atoms with van der Waals surface area (Å²) in [6.07, 6.45) is -2.00. The Bertz CT molecular complexity index is 754. The molecule has 2 rings (SSSR count). The summed E-state index contributed by atoms with van der Waals surface area (Å²) in [7, 11) is 0. The molecule has 2 aromatic rings. The van der Waals surface area contributed by atoms with Gasteiger partial charge in [-0.15, -0.1) is 13.2 Å². The Morgan fingerprint density at radius 2 is 2.04 bits per heavy atom. The van der Waals surface area contributed by atoms with Crippen molar-refractivity contribution in [2.75, 3.05) is 6.61 Å². The molecular formula is C16H14F3NO3. The number of hydrogen-bond donors (Lipinski definition) is 0. The van der Waals surface area contributed by atoms with E-state index in [0.29, 0.717) is 22.2 Å². The molecule has 0 unspecified atom stereocenters. The van der Waals surface area contributed by atoms with Gasteiger partial charge in [0.25, 0.3) is 0 Å². The van der Waals surface area contributed by atoms with Gasteiger partial charge in [0.2, 0.25) is 0 Å². The maximum Gasteiger partial charge on any atom is 0.573 e. The summed E-state index contributed by atoms with van der Waals surface area (Å²) in [4.78, 5) is 15.6. The molecule has 0 bridgehead atoms. The number of aromatic nitrogens is 1. The number of fused-ring (bicyclic) bond motifs is 1. The second-order valence-corrected chi connectivity index (χ2v) is 4.68. The molecule has 0 saturated carbocycles. The Hall–Kier alpha value is -2.57. The average molecular weight is 325 g/mol. The summed E-state index contributed by atoms with van der Waals surface area (Å²) < 4.78 is 45.4. The van der Waals surface area contributed by atoms with Crippen LogP contribution in [0.2, 0.25) is 0 Å². The first kappa shape index (κ1) is 16.8. The Morgan fingerprint density at radius 3 is 2.70 bits per heavy atom. The van der Waals surface area contributed by atoms with Crippen molar-refractivity contribution in [3.05, 3.63) is 41.6 Å². The number of esters is 1. The molecule has 0 N–H and O–H groups in total. The summed E-state index contributed by atoms with van der Waals surface area (Å²) in [5.74, 6) is -0.786. The average Bonchev–Trinajstić information content (AvgIpc) is 2.44. The summed E-state index contributed by atoms with van der Waals surface area (Å²) in [6.45, 7) is 3.71. The number of alkyl halides is 3. The Balaban J connectivity index is 2.32. The predicted octanol–water partition coefficient (Wildman–Crippen LogP) is 4.02. The summed E-state index contributed by atoms with van der Waals surface area (Å²) in [5.41, 5.74) is 1.72. The lowest BCUT2D eigenvalue weighted by Gasteiger charge is -2.10. The molecule has 0 fully saturated rings. The van der Waals surface area contributed by atoms with E-state index in [4.69, 9.17) is 4.74 Å². The largest absolute Gasteiger partial charge is 0.573 e. The van der Waals surface area contributed by atoms with Crippen molar-refractivity contribution in [1.29, 1.82) is 0 Å². The fourth-order valence-corrected chi connectivity index (χ4v) is 2.03. The maximum absolute atomic E-state index is 12.3. The first-order chi connectivity index (χ1) is 10.8. The SMILES string of the molecule is CCOC(=O)/C=C/c1cc(C)c2cc(OC(F)(F)F)ccc2n1. The van der Waals surface area contributed by atoms with Crippen molar-refractivity contribution < 1.29 is 27.4 Å². The quantitative estimate of drug-likeness (QED) is 0.629. The van der Waals surface area contributed by atoms with Crippen LogP contribution < -0.4 is 4.74 Å². The van der Waals surface area contributed by atoms with Crippen molar-refractivity contribution in [2.24, 2.45) is 0 Å². The van der Waals surface area contributed by atoms with Gasteiger partial charge >= 0.3 is 12.3 Å². The first-order valence-electron chi connectivity index (χ1n) is 6.80. The molecule has 0 radical (unpaired) electrons. The third kappa shape index (κ3) is 4.70. The van der Waals surface area contributed by atoms with E-state index in [1.807, 2.05) is 0 Å². The topological polar surface area (TPSA) is 48.4 Å². The molecule has 1 aromatic heterocycles. The molecule has 0 amide bonds. The van der Waals surface area contributed by atoms with Gasteiger partial charge in [0.05, 0.1) is 17.8 Å². The molecule has 0 saturated heterocycles. The van der Waals surface area contributed by atoms with Crippen LogP contribution in [0.4, 0.5) is 13.2 Å². The molecule has 0 spiro atoms. The molecule has 122 valence electrons. The molecule has 0 aliphatic carbocycles. The van der Waals surface area contributed by atoms with E-state index < -0.39 is 12.3 Å². The second kappa shape index (κ2) is 6.68. The lowest BCUT2D eigenvalue weighted by atomic mass is 10.1. The van der Waals surface area contributed by atoms with Gasteiger partial charge in [-0.1, -0.05) is 0 Å². The van der Waals surface area contributed by atoms with Crippen LogP contribution in [0.25, 0.3) is 17.0 Å². The number of benzene rings is 1. The summed E-state index contributed by atoms with van der Waals surface area (Å²) in [6, 6.07) is 5.58. The minimum absolute atomic E-state index is 0.273. The molecule has 1 heterocycles. The van der Waals surface area contributed by atoms with Crippen molar-refractivity contribution >= 4 is 22.9 Å². The number of halogens is 3. The van der Waals surface area contributed by atoms with E-state index in [1.165, 1.54) is 30.4 Å². The fourth-order valence-electron chi connectivity index (χ4n) is 2.03. The van der Waals surface area contributed by atoms with Gasteiger partial charge in [0, 0.05) is 11.5 Å². The molecule has 7 heteroatoms. The zero-order valence-electron chi connectivity index (χ0n) is 12.5. The predicted molar refractivity (Wildman–Crippen MR) is 78.8 cm³/mol. The van der Waals surface area contributed by atoms with E-state index in [1.54, 1.807) is 19.9 Å². The van der Waals surface area contributed by atoms with Crippen LogP contribution in [0.1, 0.15) is 18.2 Å². The van der Waals surface area contributed by atoms with Gasteiger partial charge < -0.3 is 9.47 Å². The molecule has 4 nitrogen and oxygen atoms in total. The van der Waals surface area contributed by atoms with Crippen LogP contribution in [0.5, 0.6) is 5.75 Å². The molecule has 0 atom stereocenters. The molecule has 0 aliphatic heterocycles. The second-order valence-electron chi connectivity index (χ2n) is 4.68. The zero-order valence-corrected chi connectivity index (χ0v) is 12.5. The van der Waals surface area contributed by atoms with Gasteiger partial charge in [-0.3, -0.25) is 0 Å². The van der Waals surface area contributed by atoms with Gasteiger partial charge in [-0.05, 0) is 49.8 Å². The normalized spacial score (nSPS) is 11.9. The van der Waals surface area contributed by atoms with Crippen LogP contribution >= 0.6 is 0 Å². The van der Waals surface area contributed by atoms with E-state index in [2.05, 4.69) is 9.72 Å². The number of nitrogens with zero attached hydrogens (tertiary/aromatic N) is 1. The van der Waals surface area contributed by atoms with Crippen LogP contribution in [-0.4, -0.2) is 23.9 Å². The van der Waals surface area contributed by atoms with E-state index in [-0.39, 0.29) is 12.4 Å². The smallest absolute Gasteiger partial charge is 0.463 e. The minimum Gasteiger partial charge on any atom is -0.463 e. The molecule has 0 aliphatic rings. The fraction of sp³-hybridized carbons (Fsp3) is 0.250. The number of pyridine rings is 1.